The molecule has 2 amide bonds. The average molecular weight is 314 g/mol. The third-order valence-corrected chi connectivity index (χ3v) is 5.07. The van der Waals surface area contributed by atoms with Crippen LogP contribution in [-0.2, 0) is 9.59 Å². The Bertz CT molecular complexity index is 599. The Hall–Kier alpha value is -1.84. The van der Waals surface area contributed by atoms with E-state index in [4.69, 9.17) is 0 Å². The van der Waals surface area contributed by atoms with Crippen LogP contribution in [0.25, 0.3) is 0 Å². The highest BCUT2D eigenvalue weighted by molar-refractivity contribution is 6.13. The number of para-hydroxylation sites is 1. The molecule has 4 nitrogen and oxygen atoms in total. The fraction of sp³-hybridized carbons (Fsp3) is 0.579. The summed E-state index contributed by atoms with van der Waals surface area (Å²) >= 11 is 0. The van der Waals surface area contributed by atoms with E-state index in [2.05, 4.69) is 19.2 Å². The van der Waals surface area contributed by atoms with E-state index in [0.29, 0.717) is 18.8 Å². The maximum atomic E-state index is 12.8. The molecule has 1 saturated carbocycles. The number of likely N-dealkylation sites (tertiary alicyclic amines) is 1. The molecule has 1 aliphatic carbocycles. The second-order valence-corrected chi connectivity index (χ2v) is 7.13. The van der Waals surface area contributed by atoms with Crippen molar-refractivity contribution in [1.82, 2.24) is 4.90 Å². The van der Waals surface area contributed by atoms with Crippen LogP contribution >= 0.6 is 0 Å². The van der Waals surface area contributed by atoms with Crippen molar-refractivity contribution < 1.29 is 9.59 Å². The fourth-order valence-corrected chi connectivity index (χ4v) is 3.42. The minimum absolute atomic E-state index is 0.0386. The highest BCUT2D eigenvalue weighted by Crippen LogP contribution is 2.48. The predicted octanol–water partition coefficient (Wildman–Crippen LogP) is 3.54. The van der Waals surface area contributed by atoms with E-state index in [1.165, 1.54) is 6.42 Å². The Labute approximate surface area is 138 Å². The summed E-state index contributed by atoms with van der Waals surface area (Å²) in [5.41, 5.74) is 1.15. The Morgan fingerprint density at radius 2 is 1.74 bits per heavy atom. The highest BCUT2D eigenvalue weighted by atomic mass is 16.2. The van der Waals surface area contributed by atoms with E-state index in [0.717, 1.165) is 37.2 Å². The lowest BCUT2D eigenvalue weighted by atomic mass is 9.98. The van der Waals surface area contributed by atoms with Gasteiger partial charge in [0.05, 0.1) is 0 Å². The number of nitrogens with one attached hydrogen (secondary N) is 1. The Balaban J connectivity index is 1.74. The first-order valence-corrected chi connectivity index (χ1v) is 8.74. The van der Waals surface area contributed by atoms with E-state index in [-0.39, 0.29) is 11.8 Å². The summed E-state index contributed by atoms with van der Waals surface area (Å²) in [7, 11) is 0. The van der Waals surface area contributed by atoms with Gasteiger partial charge < -0.3 is 10.2 Å². The predicted molar refractivity (Wildman–Crippen MR) is 91.3 cm³/mol. The summed E-state index contributed by atoms with van der Waals surface area (Å²) in [5.74, 6) is 0.248. The van der Waals surface area contributed by atoms with Crippen LogP contribution in [-0.4, -0.2) is 29.8 Å². The van der Waals surface area contributed by atoms with Gasteiger partial charge in [0.1, 0.15) is 5.41 Å². The van der Waals surface area contributed by atoms with Crippen molar-refractivity contribution in [3.05, 3.63) is 29.8 Å². The van der Waals surface area contributed by atoms with Crippen LogP contribution in [0.1, 0.15) is 57.4 Å². The molecule has 1 heterocycles. The number of nitrogens with zero attached hydrogens (tertiary/aromatic N) is 1. The number of piperidine rings is 1. The summed E-state index contributed by atoms with van der Waals surface area (Å²) < 4.78 is 0. The number of carbonyl (C=O) groups excluding carboxylic acids is 2. The number of hydrogen-bond acceptors (Lipinski definition) is 2. The quantitative estimate of drug-likeness (QED) is 0.864. The van der Waals surface area contributed by atoms with Crippen LogP contribution in [0, 0.1) is 5.41 Å². The third-order valence-electron chi connectivity index (χ3n) is 5.07. The molecule has 0 aromatic heterocycles. The lowest BCUT2D eigenvalue weighted by Gasteiger charge is -2.30. The molecule has 2 fully saturated rings. The smallest absolute Gasteiger partial charge is 0.240 e. The molecule has 0 spiro atoms. The van der Waals surface area contributed by atoms with E-state index >= 15 is 0 Å². The molecule has 0 unspecified atom stereocenters. The molecule has 1 aromatic carbocycles. The van der Waals surface area contributed by atoms with Gasteiger partial charge in [-0.3, -0.25) is 9.59 Å². The van der Waals surface area contributed by atoms with Gasteiger partial charge in [0, 0.05) is 18.8 Å². The first-order valence-electron chi connectivity index (χ1n) is 8.74. The average Bonchev–Trinajstić information content (AvgIpc) is 3.37. The minimum atomic E-state index is -0.804. The van der Waals surface area contributed by atoms with Gasteiger partial charge in [-0.05, 0) is 49.7 Å². The van der Waals surface area contributed by atoms with Crippen molar-refractivity contribution in [3.8, 4) is 0 Å². The Kier molecular flexibility index (Phi) is 4.42. The van der Waals surface area contributed by atoms with Gasteiger partial charge in [-0.25, -0.2) is 0 Å². The number of rotatable bonds is 4. The number of hydrogen-bond donors (Lipinski definition) is 1. The van der Waals surface area contributed by atoms with E-state index < -0.39 is 5.41 Å². The third kappa shape index (κ3) is 3.12. The van der Waals surface area contributed by atoms with Crippen molar-refractivity contribution in [3.63, 3.8) is 0 Å². The molecule has 0 bridgehead atoms. The summed E-state index contributed by atoms with van der Waals surface area (Å²) in [6, 6.07) is 7.87. The highest BCUT2D eigenvalue weighted by Gasteiger charge is 2.58. The van der Waals surface area contributed by atoms with Gasteiger partial charge >= 0.3 is 0 Å². The lowest BCUT2D eigenvalue weighted by molar-refractivity contribution is -0.143. The molecular weight excluding hydrogens is 288 g/mol. The van der Waals surface area contributed by atoms with Gasteiger partial charge in [-0.15, -0.1) is 0 Å². The van der Waals surface area contributed by atoms with Crippen LogP contribution in [0.5, 0.6) is 0 Å². The maximum Gasteiger partial charge on any atom is 0.240 e. The first kappa shape index (κ1) is 16.0. The van der Waals surface area contributed by atoms with Crippen LogP contribution in [0.4, 0.5) is 5.69 Å². The summed E-state index contributed by atoms with van der Waals surface area (Å²) in [4.78, 5) is 27.5. The second-order valence-electron chi connectivity index (χ2n) is 7.13. The summed E-state index contributed by atoms with van der Waals surface area (Å²) in [6.45, 7) is 5.82. The van der Waals surface area contributed by atoms with Crippen molar-refractivity contribution in [2.75, 3.05) is 18.4 Å². The monoisotopic (exact) mass is 314 g/mol. The molecule has 2 aliphatic rings. The van der Waals surface area contributed by atoms with Crippen LogP contribution in [0.15, 0.2) is 24.3 Å². The molecule has 1 aliphatic heterocycles. The molecule has 0 atom stereocenters. The van der Waals surface area contributed by atoms with Crippen molar-refractivity contribution in [2.24, 2.45) is 5.41 Å². The number of amides is 2. The van der Waals surface area contributed by atoms with E-state index in [1.54, 1.807) is 0 Å². The molecule has 23 heavy (non-hydrogen) atoms. The molecule has 124 valence electrons. The van der Waals surface area contributed by atoms with Crippen molar-refractivity contribution in [1.29, 1.82) is 0 Å². The van der Waals surface area contributed by atoms with Crippen molar-refractivity contribution >= 4 is 17.5 Å². The zero-order chi connectivity index (χ0) is 16.4. The Morgan fingerprint density at radius 1 is 1.09 bits per heavy atom. The molecular formula is C19H26N2O2. The van der Waals surface area contributed by atoms with Crippen LogP contribution in [0.3, 0.4) is 0 Å². The SMILES string of the molecule is CC(C)c1ccccc1NC(=O)C1(C(=O)N2CCCCC2)CC1. The van der Waals surface area contributed by atoms with Gasteiger partial charge in [0.2, 0.25) is 11.8 Å². The zero-order valence-corrected chi connectivity index (χ0v) is 14.1. The maximum absolute atomic E-state index is 12.8. The van der Waals surface area contributed by atoms with Gasteiger partial charge in [-0.1, -0.05) is 32.0 Å². The lowest BCUT2D eigenvalue weighted by Crippen LogP contribution is -2.45. The fourth-order valence-electron chi connectivity index (χ4n) is 3.42. The molecule has 4 heteroatoms. The van der Waals surface area contributed by atoms with Crippen LogP contribution < -0.4 is 5.32 Å². The Morgan fingerprint density at radius 3 is 2.35 bits per heavy atom. The molecule has 0 radical (unpaired) electrons. The van der Waals surface area contributed by atoms with Crippen molar-refractivity contribution in [2.45, 2.75) is 51.9 Å². The summed E-state index contributed by atoms with van der Waals surface area (Å²) in [6.07, 6.45) is 4.65. The van der Waals surface area contributed by atoms with E-state index in [9.17, 15) is 9.59 Å². The van der Waals surface area contributed by atoms with Crippen LogP contribution in [0.2, 0.25) is 0 Å². The van der Waals surface area contributed by atoms with E-state index in [1.807, 2.05) is 29.2 Å². The van der Waals surface area contributed by atoms with Gasteiger partial charge in [-0.2, -0.15) is 0 Å². The van der Waals surface area contributed by atoms with Gasteiger partial charge in [0.25, 0.3) is 0 Å². The second kappa shape index (κ2) is 6.34. The summed E-state index contributed by atoms with van der Waals surface area (Å²) in [5, 5.41) is 3.03. The zero-order valence-electron chi connectivity index (χ0n) is 14.1. The molecule has 1 N–H and O–H groups in total. The first-order chi connectivity index (χ1) is 11.0. The standard InChI is InChI=1S/C19H26N2O2/c1-14(2)15-8-4-5-9-16(15)20-17(22)19(10-11-19)18(23)21-12-6-3-7-13-21/h4-5,8-9,14H,3,6-7,10-13H2,1-2H3,(H,20,22). The molecule has 3 rings (SSSR count). The number of benzene rings is 1. The molecule has 1 aromatic rings. The molecule has 1 saturated heterocycles. The number of carbonyl (C=O) groups is 2. The largest absolute Gasteiger partial charge is 0.342 e. The topological polar surface area (TPSA) is 49.4 Å². The van der Waals surface area contributed by atoms with Gasteiger partial charge in [0.15, 0.2) is 0 Å². The normalized spacial score (nSPS) is 19.5. The minimum Gasteiger partial charge on any atom is -0.342 e. The number of anilines is 1.